The van der Waals surface area contributed by atoms with Gasteiger partial charge in [0.1, 0.15) is 5.76 Å². The molecule has 0 radical (unpaired) electrons. The Labute approximate surface area is 166 Å². The topological polar surface area (TPSA) is 73.5 Å². The SMILES string of the molecule is Cc1cc(C(=O)O[C@@H](C)C(=O)N[C@@H]2CCCC[C@@H]2C)c(C)n1Cc1ccco1. The van der Waals surface area contributed by atoms with Crippen molar-refractivity contribution in [2.24, 2.45) is 5.92 Å². The maximum Gasteiger partial charge on any atom is 0.340 e. The van der Waals surface area contributed by atoms with Gasteiger partial charge < -0.3 is 19.0 Å². The predicted octanol–water partition coefficient (Wildman–Crippen LogP) is 3.99. The van der Waals surface area contributed by atoms with Gasteiger partial charge in [0, 0.05) is 17.4 Å². The quantitative estimate of drug-likeness (QED) is 0.762. The number of rotatable bonds is 6. The number of amides is 1. The van der Waals surface area contributed by atoms with Gasteiger partial charge in [-0.05, 0) is 57.7 Å². The third-order valence-electron chi connectivity index (χ3n) is 5.78. The Morgan fingerprint density at radius 3 is 2.75 bits per heavy atom. The second-order valence-corrected chi connectivity index (χ2v) is 7.87. The van der Waals surface area contributed by atoms with E-state index in [0.717, 1.165) is 36.4 Å². The van der Waals surface area contributed by atoms with Crippen molar-refractivity contribution in [3.63, 3.8) is 0 Å². The van der Waals surface area contributed by atoms with Gasteiger partial charge in [0.05, 0.1) is 18.4 Å². The van der Waals surface area contributed by atoms with E-state index >= 15 is 0 Å². The summed E-state index contributed by atoms with van der Waals surface area (Å²) >= 11 is 0. The zero-order valence-corrected chi connectivity index (χ0v) is 17.2. The highest BCUT2D eigenvalue weighted by atomic mass is 16.5. The van der Waals surface area contributed by atoms with Gasteiger partial charge in [-0.25, -0.2) is 4.79 Å². The number of furan rings is 1. The number of aromatic nitrogens is 1. The molecule has 1 N–H and O–H groups in total. The molecule has 1 amide bonds. The number of hydrogen-bond donors (Lipinski definition) is 1. The van der Waals surface area contributed by atoms with Crippen molar-refractivity contribution in [2.75, 3.05) is 0 Å². The molecule has 1 aliphatic rings. The fourth-order valence-electron chi connectivity index (χ4n) is 3.92. The van der Waals surface area contributed by atoms with E-state index in [0.29, 0.717) is 18.0 Å². The molecule has 3 rings (SSSR count). The summed E-state index contributed by atoms with van der Waals surface area (Å²) in [4.78, 5) is 25.2. The number of carbonyl (C=O) groups excluding carboxylic acids is 2. The van der Waals surface area contributed by atoms with Crippen LogP contribution in [0.25, 0.3) is 0 Å². The van der Waals surface area contributed by atoms with Crippen molar-refractivity contribution in [1.82, 2.24) is 9.88 Å². The number of hydrogen-bond acceptors (Lipinski definition) is 4. The van der Waals surface area contributed by atoms with Gasteiger partial charge >= 0.3 is 5.97 Å². The normalized spacial score (nSPS) is 20.6. The molecule has 2 aromatic rings. The molecule has 1 fully saturated rings. The number of aryl methyl sites for hydroxylation is 1. The van der Waals surface area contributed by atoms with Crippen LogP contribution in [0.1, 0.15) is 67.0 Å². The summed E-state index contributed by atoms with van der Waals surface area (Å²) < 4.78 is 12.9. The molecule has 6 heteroatoms. The molecule has 1 saturated carbocycles. The van der Waals surface area contributed by atoms with E-state index in [9.17, 15) is 9.59 Å². The molecular formula is C22H30N2O4. The zero-order valence-electron chi connectivity index (χ0n) is 17.2. The molecule has 0 bridgehead atoms. The van der Waals surface area contributed by atoms with E-state index in [1.54, 1.807) is 19.3 Å². The van der Waals surface area contributed by atoms with Crippen LogP contribution in [0.4, 0.5) is 0 Å². The Morgan fingerprint density at radius 1 is 1.32 bits per heavy atom. The van der Waals surface area contributed by atoms with Crippen molar-refractivity contribution in [1.29, 1.82) is 0 Å². The zero-order chi connectivity index (χ0) is 20.3. The number of nitrogens with one attached hydrogen (secondary N) is 1. The van der Waals surface area contributed by atoms with E-state index in [4.69, 9.17) is 9.15 Å². The second kappa shape index (κ2) is 8.67. The van der Waals surface area contributed by atoms with Crippen LogP contribution in [-0.4, -0.2) is 28.6 Å². The van der Waals surface area contributed by atoms with Gasteiger partial charge in [-0.1, -0.05) is 19.8 Å². The van der Waals surface area contributed by atoms with Gasteiger partial charge in [-0.2, -0.15) is 0 Å². The molecule has 3 atom stereocenters. The first kappa shape index (κ1) is 20.2. The summed E-state index contributed by atoms with van der Waals surface area (Å²) in [6.07, 6.45) is 5.26. The summed E-state index contributed by atoms with van der Waals surface area (Å²) in [7, 11) is 0. The molecule has 28 heavy (non-hydrogen) atoms. The van der Waals surface area contributed by atoms with Crippen LogP contribution >= 0.6 is 0 Å². The lowest BCUT2D eigenvalue weighted by atomic mass is 9.86. The number of esters is 1. The lowest BCUT2D eigenvalue weighted by molar-refractivity contribution is -0.130. The maximum atomic E-state index is 12.7. The van der Waals surface area contributed by atoms with Crippen LogP contribution in [0.5, 0.6) is 0 Å². The average Bonchev–Trinajstić information content (AvgIpc) is 3.27. The standard InChI is InChI=1S/C22H30N2O4/c1-14-8-5-6-10-20(14)23-21(25)17(4)28-22(26)19-12-15(2)24(16(19)3)13-18-9-7-11-27-18/h7,9,11-12,14,17,20H,5-6,8,10,13H2,1-4H3,(H,23,25)/t14-,17-,20+/m0/s1. The molecule has 2 heterocycles. The summed E-state index contributed by atoms with van der Waals surface area (Å²) in [6.45, 7) is 8.15. The summed E-state index contributed by atoms with van der Waals surface area (Å²) in [5.41, 5.74) is 2.22. The average molecular weight is 386 g/mol. The third kappa shape index (κ3) is 4.49. The molecule has 0 aromatic carbocycles. The number of nitrogens with zero attached hydrogens (tertiary/aromatic N) is 1. The van der Waals surface area contributed by atoms with Crippen LogP contribution in [-0.2, 0) is 16.1 Å². The van der Waals surface area contributed by atoms with E-state index in [1.807, 2.05) is 30.5 Å². The second-order valence-electron chi connectivity index (χ2n) is 7.87. The minimum Gasteiger partial charge on any atom is -0.467 e. The fraction of sp³-hybridized carbons (Fsp3) is 0.545. The minimum atomic E-state index is -0.824. The lowest BCUT2D eigenvalue weighted by Gasteiger charge is -2.30. The van der Waals surface area contributed by atoms with Gasteiger partial charge in [-0.15, -0.1) is 0 Å². The largest absolute Gasteiger partial charge is 0.467 e. The Morgan fingerprint density at radius 2 is 2.07 bits per heavy atom. The number of carbonyl (C=O) groups is 2. The molecular weight excluding hydrogens is 356 g/mol. The molecule has 0 aliphatic heterocycles. The fourth-order valence-corrected chi connectivity index (χ4v) is 3.92. The van der Waals surface area contributed by atoms with Crippen LogP contribution < -0.4 is 5.32 Å². The molecule has 0 unspecified atom stereocenters. The summed E-state index contributed by atoms with van der Waals surface area (Å²) in [6, 6.07) is 5.71. The minimum absolute atomic E-state index is 0.167. The van der Waals surface area contributed by atoms with Crippen LogP contribution in [0, 0.1) is 19.8 Å². The van der Waals surface area contributed by atoms with E-state index < -0.39 is 12.1 Å². The highest BCUT2D eigenvalue weighted by Crippen LogP contribution is 2.24. The Balaban J connectivity index is 1.63. The Hall–Kier alpha value is -2.50. The summed E-state index contributed by atoms with van der Waals surface area (Å²) in [5, 5.41) is 3.05. The maximum absolute atomic E-state index is 12.7. The highest BCUT2D eigenvalue weighted by Gasteiger charge is 2.27. The van der Waals surface area contributed by atoms with Gasteiger partial charge in [0.2, 0.25) is 0 Å². The number of ether oxygens (including phenoxy) is 1. The van der Waals surface area contributed by atoms with E-state index in [-0.39, 0.29) is 11.9 Å². The van der Waals surface area contributed by atoms with Crippen LogP contribution in [0.3, 0.4) is 0 Å². The van der Waals surface area contributed by atoms with Gasteiger partial charge in [0.25, 0.3) is 5.91 Å². The Bertz CT molecular complexity index is 822. The first-order valence-electron chi connectivity index (χ1n) is 10.1. The van der Waals surface area contributed by atoms with E-state index in [1.165, 1.54) is 6.42 Å². The van der Waals surface area contributed by atoms with Crippen molar-refractivity contribution < 1.29 is 18.7 Å². The smallest absolute Gasteiger partial charge is 0.340 e. The molecule has 1 aliphatic carbocycles. The Kier molecular flexibility index (Phi) is 6.27. The van der Waals surface area contributed by atoms with Crippen molar-refractivity contribution >= 4 is 11.9 Å². The lowest BCUT2D eigenvalue weighted by Crippen LogP contribution is -2.46. The first-order chi connectivity index (χ1) is 13.4. The molecule has 152 valence electrons. The third-order valence-corrected chi connectivity index (χ3v) is 5.78. The molecule has 0 saturated heterocycles. The van der Waals surface area contributed by atoms with Crippen molar-refractivity contribution in [3.8, 4) is 0 Å². The molecule has 0 spiro atoms. The van der Waals surface area contributed by atoms with Crippen molar-refractivity contribution in [3.05, 3.63) is 47.2 Å². The van der Waals surface area contributed by atoms with Gasteiger partial charge in [0.15, 0.2) is 6.10 Å². The van der Waals surface area contributed by atoms with E-state index in [2.05, 4.69) is 12.2 Å². The monoisotopic (exact) mass is 386 g/mol. The molecule has 2 aromatic heterocycles. The summed E-state index contributed by atoms with van der Waals surface area (Å²) in [5.74, 6) is 0.576. The van der Waals surface area contributed by atoms with Crippen LogP contribution in [0.15, 0.2) is 28.9 Å². The first-order valence-corrected chi connectivity index (χ1v) is 10.1. The predicted molar refractivity (Wildman–Crippen MR) is 106 cm³/mol. The molecule has 6 nitrogen and oxygen atoms in total. The van der Waals surface area contributed by atoms with Gasteiger partial charge in [-0.3, -0.25) is 4.79 Å². The van der Waals surface area contributed by atoms with Crippen LogP contribution in [0.2, 0.25) is 0 Å². The van der Waals surface area contributed by atoms with Crippen molar-refractivity contribution in [2.45, 2.75) is 72.1 Å². The highest BCUT2D eigenvalue weighted by molar-refractivity contribution is 5.93.